The highest BCUT2D eigenvalue weighted by Gasteiger charge is 2.20. The van der Waals surface area contributed by atoms with E-state index in [1.807, 2.05) is 30.3 Å². The van der Waals surface area contributed by atoms with E-state index < -0.39 is 0 Å². The number of halogens is 2. The second-order valence-electron chi connectivity index (χ2n) is 11.1. The molecular formula is C32H42Cl2N6O3. The Hall–Kier alpha value is -2.95. The van der Waals surface area contributed by atoms with Gasteiger partial charge in [0.2, 0.25) is 5.91 Å². The number of ether oxygens (including phenoxy) is 1. The fourth-order valence-corrected chi connectivity index (χ4v) is 5.90. The lowest BCUT2D eigenvalue weighted by molar-refractivity contribution is -0.119. The number of aliphatic imine (C=N–C) groups is 1. The van der Waals surface area contributed by atoms with Gasteiger partial charge < -0.3 is 20.1 Å². The quantitative estimate of drug-likeness (QED) is 0.211. The molecule has 1 aromatic heterocycles. The third-order valence-corrected chi connectivity index (χ3v) is 8.09. The van der Waals surface area contributed by atoms with Crippen molar-refractivity contribution in [1.82, 2.24) is 20.1 Å². The van der Waals surface area contributed by atoms with Crippen molar-refractivity contribution in [3.63, 3.8) is 0 Å². The smallest absolute Gasteiger partial charge is 0.216 e. The summed E-state index contributed by atoms with van der Waals surface area (Å²) in [6, 6.07) is 9.20. The van der Waals surface area contributed by atoms with Crippen LogP contribution in [0.5, 0.6) is 5.75 Å². The summed E-state index contributed by atoms with van der Waals surface area (Å²) in [6.07, 6.45) is 5.73. The van der Waals surface area contributed by atoms with Crippen molar-refractivity contribution in [2.24, 2.45) is 10.9 Å². The summed E-state index contributed by atoms with van der Waals surface area (Å²) < 4.78 is 6.06. The summed E-state index contributed by atoms with van der Waals surface area (Å²) in [5.74, 6) is 2.46. The molecule has 2 fully saturated rings. The number of aromatic nitrogens is 1. The molecule has 0 saturated carbocycles. The lowest BCUT2D eigenvalue weighted by Gasteiger charge is -2.35. The average Bonchev–Trinajstić information content (AvgIpc) is 2.97. The van der Waals surface area contributed by atoms with Crippen LogP contribution in [0.25, 0.3) is 5.70 Å². The maximum Gasteiger partial charge on any atom is 0.216 e. The third-order valence-electron chi connectivity index (χ3n) is 7.65. The fraction of sp³-hybridized carbons (Fsp3) is 0.469. The lowest BCUT2D eigenvalue weighted by atomic mass is 9.96. The molecule has 2 aromatic rings. The van der Waals surface area contributed by atoms with Crippen LogP contribution in [0.15, 0.2) is 59.7 Å². The van der Waals surface area contributed by atoms with Crippen molar-refractivity contribution in [1.29, 1.82) is 0 Å². The minimum Gasteiger partial charge on any atom is -0.442 e. The van der Waals surface area contributed by atoms with Crippen LogP contribution in [-0.2, 0) is 4.79 Å². The number of likely N-dealkylation sites (tertiary alicyclic amines) is 1. The zero-order chi connectivity index (χ0) is 30.8. The lowest BCUT2D eigenvalue weighted by Crippen LogP contribution is -2.47. The van der Waals surface area contributed by atoms with Crippen LogP contribution < -0.4 is 15.0 Å². The number of benzene rings is 1. The molecule has 232 valence electrons. The van der Waals surface area contributed by atoms with Crippen molar-refractivity contribution in [3.05, 3.63) is 70.4 Å². The maximum absolute atomic E-state index is 11.2. The Morgan fingerprint density at radius 2 is 1.79 bits per heavy atom. The van der Waals surface area contributed by atoms with Crippen LogP contribution >= 0.6 is 23.2 Å². The number of piperidine rings is 1. The number of pyridine rings is 1. The number of hydrogen-bond donors (Lipinski definition) is 2. The van der Waals surface area contributed by atoms with Gasteiger partial charge in [0.1, 0.15) is 11.6 Å². The summed E-state index contributed by atoms with van der Waals surface area (Å²) >= 11 is 12.7. The normalized spacial score (nSPS) is 17.7. The Morgan fingerprint density at radius 1 is 1.09 bits per heavy atom. The number of amides is 1. The molecule has 0 spiro atoms. The molecule has 2 N–H and O–H groups in total. The molecule has 2 saturated heterocycles. The number of hydrogen-bond acceptors (Lipinski definition) is 8. The minimum atomic E-state index is 0.0206. The number of carbonyl (C=O) groups excluding carboxylic acids is 1. The Kier molecular flexibility index (Phi) is 12.4. The van der Waals surface area contributed by atoms with Crippen molar-refractivity contribution in [3.8, 4) is 5.75 Å². The number of rotatable bonds is 11. The van der Waals surface area contributed by atoms with E-state index in [9.17, 15) is 9.90 Å². The van der Waals surface area contributed by atoms with Crippen LogP contribution in [0.3, 0.4) is 0 Å². The molecule has 1 amide bonds. The molecule has 3 heterocycles. The Balaban J connectivity index is 1.41. The number of carbonyl (C=O) groups is 1. The van der Waals surface area contributed by atoms with Crippen molar-refractivity contribution >= 4 is 46.5 Å². The Labute approximate surface area is 264 Å². The van der Waals surface area contributed by atoms with Crippen LogP contribution in [0, 0.1) is 5.92 Å². The van der Waals surface area contributed by atoms with Gasteiger partial charge in [0.15, 0.2) is 5.90 Å². The van der Waals surface area contributed by atoms with E-state index in [2.05, 4.69) is 31.6 Å². The van der Waals surface area contributed by atoms with Crippen LogP contribution in [0.2, 0.25) is 10.0 Å². The predicted molar refractivity (Wildman–Crippen MR) is 175 cm³/mol. The van der Waals surface area contributed by atoms with E-state index >= 15 is 0 Å². The largest absolute Gasteiger partial charge is 0.442 e. The van der Waals surface area contributed by atoms with E-state index in [0.29, 0.717) is 46.4 Å². The number of β-amino-alcohol motifs (C(OH)–C–C–N with tert-alkyl or cyclic N) is 1. The first-order valence-electron chi connectivity index (χ1n) is 14.8. The molecule has 0 aliphatic carbocycles. The summed E-state index contributed by atoms with van der Waals surface area (Å²) in [6.45, 7) is 15.4. The maximum atomic E-state index is 11.2. The zero-order valence-corrected chi connectivity index (χ0v) is 26.6. The molecule has 9 nitrogen and oxygen atoms in total. The summed E-state index contributed by atoms with van der Waals surface area (Å²) in [7, 11) is 0. The van der Waals surface area contributed by atoms with E-state index in [4.69, 9.17) is 32.9 Å². The summed E-state index contributed by atoms with van der Waals surface area (Å²) in [5, 5.41) is 13.1. The molecule has 1 aromatic carbocycles. The van der Waals surface area contributed by atoms with Gasteiger partial charge in [0.05, 0.1) is 18.5 Å². The number of piperazine rings is 1. The van der Waals surface area contributed by atoms with Gasteiger partial charge in [0, 0.05) is 75.3 Å². The molecule has 2 aliphatic rings. The van der Waals surface area contributed by atoms with Gasteiger partial charge in [-0.2, -0.15) is 0 Å². The molecule has 11 heteroatoms. The molecule has 4 rings (SSSR count). The third kappa shape index (κ3) is 10.6. The van der Waals surface area contributed by atoms with E-state index in [1.54, 1.807) is 26.1 Å². The first-order valence-corrected chi connectivity index (χ1v) is 15.5. The highest BCUT2D eigenvalue weighted by Crippen LogP contribution is 2.27. The number of aliphatic hydroxyl groups excluding tert-OH is 1. The Morgan fingerprint density at radius 3 is 2.40 bits per heavy atom. The van der Waals surface area contributed by atoms with Gasteiger partial charge in [-0.3, -0.25) is 14.6 Å². The molecule has 43 heavy (non-hydrogen) atoms. The number of nitrogens with one attached hydrogen (secondary N) is 1. The van der Waals surface area contributed by atoms with E-state index in [-0.39, 0.29) is 12.5 Å². The molecule has 0 bridgehead atoms. The molecule has 0 radical (unpaired) electrons. The number of aliphatic hydroxyl groups is 1. The fourth-order valence-electron chi connectivity index (χ4n) is 5.37. The van der Waals surface area contributed by atoms with Gasteiger partial charge in [-0.25, -0.2) is 9.98 Å². The SMILES string of the molecule is C=C(/C=C(\N=C(/C)Oc1ccc(N2CCN(CCO)CC2)nc1)c1cc(Cl)cc(Cl)c1)CN1CCC(CNC(C)=O)CC1. The average molecular weight is 630 g/mol. The molecule has 2 aliphatic heterocycles. The van der Waals surface area contributed by atoms with Crippen LogP contribution in [0.4, 0.5) is 5.82 Å². The summed E-state index contributed by atoms with van der Waals surface area (Å²) in [5.41, 5.74) is 2.33. The van der Waals surface area contributed by atoms with Gasteiger partial charge in [-0.15, -0.1) is 0 Å². The molecule has 0 atom stereocenters. The van der Waals surface area contributed by atoms with Gasteiger partial charge in [-0.05, 0) is 73.8 Å². The number of nitrogens with zero attached hydrogens (tertiary/aromatic N) is 5. The second kappa shape index (κ2) is 16.2. The highest BCUT2D eigenvalue weighted by molar-refractivity contribution is 6.34. The first kappa shape index (κ1) is 33.0. The van der Waals surface area contributed by atoms with Gasteiger partial charge in [0.25, 0.3) is 0 Å². The topological polar surface area (TPSA) is 93.5 Å². The Bertz CT molecular complexity index is 1280. The minimum absolute atomic E-state index is 0.0206. The second-order valence-corrected chi connectivity index (χ2v) is 12.0. The predicted octanol–water partition coefficient (Wildman–Crippen LogP) is 4.75. The monoisotopic (exact) mass is 628 g/mol. The van der Waals surface area contributed by atoms with Crippen LogP contribution in [0.1, 0.15) is 32.3 Å². The highest BCUT2D eigenvalue weighted by atomic mass is 35.5. The summed E-state index contributed by atoms with van der Waals surface area (Å²) in [4.78, 5) is 27.5. The standard InChI is InChI=1S/C32H42Cl2N6O3/c1-23(22-39-8-6-26(7-9-39)20-35-24(2)42)16-31(27-17-28(33)19-29(34)18-27)37-25(3)43-30-4-5-32(36-21-30)40-12-10-38(11-13-40)14-15-41/h4-5,16-19,21,26,41H,1,6-15,20,22H2,2-3H3,(H,35,42)/b31-16-,37-25+. The van der Waals surface area contributed by atoms with Crippen molar-refractivity contribution < 1.29 is 14.6 Å². The first-order chi connectivity index (χ1) is 20.7. The van der Waals surface area contributed by atoms with Crippen LogP contribution in [-0.4, -0.2) is 97.2 Å². The van der Waals surface area contributed by atoms with Gasteiger partial charge in [-0.1, -0.05) is 29.8 Å². The van der Waals surface area contributed by atoms with Crippen molar-refractivity contribution in [2.75, 3.05) is 70.4 Å². The zero-order valence-electron chi connectivity index (χ0n) is 25.1. The van der Waals surface area contributed by atoms with Crippen molar-refractivity contribution in [2.45, 2.75) is 26.7 Å². The van der Waals surface area contributed by atoms with E-state index in [0.717, 1.165) is 75.6 Å². The molecule has 0 unspecified atom stereocenters. The molecular weight excluding hydrogens is 587 g/mol. The van der Waals surface area contributed by atoms with E-state index in [1.165, 1.54) is 0 Å². The van der Waals surface area contributed by atoms with Gasteiger partial charge >= 0.3 is 0 Å². The number of anilines is 1.